The average molecular weight is 312 g/mol. The number of ether oxygens (including phenoxy) is 1. The molecule has 0 unspecified atom stereocenters. The third-order valence-corrected chi connectivity index (χ3v) is 3.40. The predicted molar refractivity (Wildman–Crippen MR) is 79.0 cm³/mol. The molecule has 1 N–H and O–H groups in total. The van der Waals surface area contributed by atoms with E-state index < -0.39 is 0 Å². The fourth-order valence-electron chi connectivity index (χ4n) is 1.42. The smallest absolute Gasteiger partial charge is 0.270 e. The first-order valence-electron chi connectivity index (χ1n) is 5.91. The number of rotatable bonds is 6. The van der Waals surface area contributed by atoms with Crippen molar-refractivity contribution in [3.63, 3.8) is 0 Å². The van der Waals surface area contributed by atoms with E-state index in [-0.39, 0.29) is 18.3 Å². The molecule has 0 spiro atoms. The molecule has 0 bridgehead atoms. The lowest BCUT2D eigenvalue weighted by molar-refractivity contribution is 0.0951. The number of carbonyl (C=O) groups is 1. The molecule has 1 heterocycles. The number of hydrogen-bond donors (Lipinski definition) is 2. The largest absolute Gasteiger partial charge is 0.486 e. The van der Waals surface area contributed by atoms with E-state index in [1.54, 1.807) is 17.5 Å². The van der Waals surface area contributed by atoms with Crippen molar-refractivity contribution >= 4 is 29.9 Å². The van der Waals surface area contributed by atoms with E-state index in [0.717, 1.165) is 0 Å². The molecular formula is C13H13FN2O2S2. The minimum Gasteiger partial charge on any atom is -0.486 e. The Morgan fingerprint density at radius 2 is 2.15 bits per heavy atom. The number of nitrogens with one attached hydrogen (secondary N) is 1. The topological polar surface area (TPSA) is 51.2 Å². The zero-order valence-corrected chi connectivity index (χ0v) is 12.2. The number of thiazole rings is 1. The predicted octanol–water partition coefficient (Wildman–Crippen LogP) is 2.52. The van der Waals surface area contributed by atoms with E-state index in [1.165, 1.54) is 23.5 Å². The zero-order valence-electron chi connectivity index (χ0n) is 10.5. The Morgan fingerprint density at radius 1 is 1.40 bits per heavy atom. The second-order valence-corrected chi connectivity index (χ2v) is 5.24. The van der Waals surface area contributed by atoms with E-state index in [1.807, 2.05) is 0 Å². The highest BCUT2D eigenvalue weighted by Gasteiger charge is 2.10. The molecular weight excluding hydrogens is 299 g/mol. The Kier molecular flexibility index (Phi) is 5.37. The van der Waals surface area contributed by atoms with Crippen LogP contribution in [-0.4, -0.2) is 23.2 Å². The van der Waals surface area contributed by atoms with Crippen molar-refractivity contribution in [3.05, 3.63) is 46.2 Å². The number of halogens is 1. The normalized spacial score (nSPS) is 10.3. The summed E-state index contributed by atoms with van der Waals surface area (Å²) in [7, 11) is 0. The van der Waals surface area contributed by atoms with Gasteiger partial charge < -0.3 is 10.1 Å². The standard InChI is InChI=1S/C13H13FN2O2S2/c14-9-1-3-10(4-2-9)18-7-12-16-11(8-20-12)13(17)15-5-6-19/h1-4,8,19H,5-7H2,(H,15,17). The highest BCUT2D eigenvalue weighted by Crippen LogP contribution is 2.15. The highest BCUT2D eigenvalue weighted by atomic mass is 32.1. The van der Waals surface area contributed by atoms with Crippen molar-refractivity contribution < 1.29 is 13.9 Å². The van der Waals surface area contributed by atoms with Crippen molar-refractivity contribution in [2.24, 2.45) is 0 Å². The third-order valence-electron chi connectivity index (χ3n) is 2.36. The van der Waals surface area contributed by atoms with Crippen LogP contribution in [0, 0.1) is 5.82 Å². The van der Waals surface area contributed by atoms with E-state index in [9.17, 15) is 9.18 Å². The molecule has 0 atom stereocenters. The van der Waals surface area contributed by atoms with Crippen LogP contribution in [0.3, 0.4) is 0 Å². The van der Waals surface area contributed by atoms with Crippen molar-refractivity contribution in [1.82, 2.24) is 10.3 Å². The highest BCUT2D eigenvalue weighted by molar-refractivity contribution is 7.80. The van der Waals surface area contributed by atoms with Gasteiger partial charge in [0.1, 0.15) is 28.9 Å². The van der Waals surface area contributed by atoms with Crippen LogP contribution in [-0.2, 0) is 6.61 Å². The van der Waals surface area contributed by atoms with Gasteiger partial charge in [0.15, 0.2) is 0 Å². The zero-order chi connectivity index (χ0) is 14.4. The van der Waals surface area contributed by atoms with Gasteiger partial charge in [0, 0.05) is 17.7 Å². The number of aromatic nitrogens is 1. The first kappa shape index (κ1) is 14.8. The van der Waals surface area contributed by atoms with Crippen LogP contribution in [0.2, 0.25) is 0 Å². The monoisotopic (exact) mass is 312 g/mol. The number of nitrogens with zero attached hydrogens (tertiary/aromatic N) is 1. The van der Waals surface area contributed by atoms with Crippen LogP contribution in [0.15, 0.2) is 29.6 Å². The molecule has 20 heavy (non-hydrogen) atoms. The molecule has 1 aromatic heterocycles. The van der Waals surface area contributed by atoms with Gasteiger partial charge in [0.25, 0.3) is 5.91 Å². The van der Waals surface area contributed by atoms with Gasteiger partial charge in [0.05, 0.1) is 0 Å². The Morgan fingerprint density at radius 3 is 2.85 bits per heavy atom. The van der Waals surface area contributed by atoms with Crippen LogP contribution in [0.25, 0.3) is 0 Å². The molecule has 0 aliphatic rings. The Bertz CT molecular complexity index is 572. The number of amides is 1. The van der Waals surface area contributed by atoms with Crippen molar-refractivity contribution in [3.8, 4) is 5.75 Å². The number of thiol groups is 1. The molecule has 0 fully saturated rings. The lowest BCUT2D eigenvalue weighted by atomic mass is 10.3. The second kappa shape index (κ2) is 7.25. The Balaban J connectivity index is 1.89. The van der Waals surface area contributed by atoms with Crippen molar-refractivity contribution in [2.45, 2.75) is 6.61 Å². The van der Waals surface area contributed by atoms with Crippen molar-refractivity contribution in [1.29, 1.82) is 0 Å². The fraction of sp³-hybridized carbons (Fsp3) is 0.231. The van der Waals surface area contributed by atoms with Gasteiger partial charge in [-0.1, -0.05) is 0 Å². The summed E-state index contributed by atoms with van der Waals surface area (Å²) in [6, 6.07) is 5.74. The van der Waals surface area contributed by atoms with Gasteiger partial charge in [-0.05, 0) is 24.3 Å². The Labute approximate surface area is 125 Å². The maximum absolute atomic E-state index is 12.7. The Hall–Kier alpha value is -1.60. The van der Waals surface area contributed by atoms with Gasteiger partial charge in [-0.25, -0.2) is 9.37 Å². The molecule has 1 amide bonds. The molecule has 106 valence electrons. The molecule has 0 radical (unpaired) electrons. The van der Waals surface area contributed by atoms with Crippen LogP contribution in [0.4, 0.5) is 4.39 Å². The minimum atomic E-state index is -0.310. The molecule has 0 aliphatic heterocycles. The molecule has 4 nitrogen and oxygen atoms in total. The van der Waals surface area contributed by atoms with Crippen LogP contribution >= 0.6 is 24.0 Å². The summed E-state index contributed by atoms with van der Waals surface area (Å²) in [6.45, 7) is 0.747. The molecule has 2 aromatic rings. The van der Waals surface area contributed by atoms with E-state index in [4.69, 9.17) is 4.74 Å². The van der Waals surface area contributed by atoms with Crippen molar-refractivity contribution in [2.75, 3.05) is 12.3 Å². The molecule has 2 rings (SSSR count). The molecule has 0 aliphatic carbocycles. The van der Waals surface area contributed by atoms with Gasteiger partial charge in [-0.15, -0.1) is 11.3 Å². The van der Waals surface area contributed by atoms with E-state index in [2.05, 4.69) is 22.9 Å². The maximum Gasteiger partial charge on any atom is 0.270 e. The summed E-state index contributed by atoms with van der Waals surface area (Å²) >= 11 is 5.36. The van der Waals surface area contributed by atoms with E-state index in [0.29, 0.717) is 28.7 Å². The summed E-state index contributed by atoms with van der Waals surface area (Å²) in [5.41, 5.74) is 0.370. The number of hydrogen-bond acceptors (Lipinski definition) is 5. The van der Waals surface area contributed by atoms with Crippen LogP contribution in [0.5, 0.6) is 5.75 Å². The third kappa shape index (κ3) is 4.21. The fourth-order valence-corrected chi connectivity index (χ4v) is 2.21. The lowest BCUT2D eigenvalue weighted by Crippen LogP contribution is -2.25. The first-order chi connectivity index (χ1) is 9.69. The summed E-state index contributed by atoms with van der Waals surface area (Å²) in [6.07, 6.45) is 0. The lowest BCUT2D eigenvalue weighted by Gasteiger charge is -2.03. The van der Waals surface area contributed by atoms with Gasteiger partial charge in [0.2, 0.25) is 0 Å². The summed E-state index contributed by atoms with van der Waals surface area (Å²) in [4.78, 5) is 15.8. The molecule has 0 saturated carbocycles. The van der Waals surface area contributed by atoms with Gasteiger partial charge in [-0.3, -0.25) is 4.79 Å². The molecule has 7 heteroatoms. The first-order valence-corrected chi connectivity index (χ1v) is 7.42. The average Bonchev–Trinajstić information content (AvgIpc) is 2.93. The minimum absolute atomic E-state index is 0.219. The second-order valence-electron chi connectivity index (χ2n) is 3.85. The quantitative estimate of drug-likeness (QED) is 0.806. The maximum atomic E-state index is 12.7. The number of benzene rings is 1. The summed E-state index contributed by atoms with van der Waals surface area (Å²) < 4.78 is 18.2. The van der Waals surface area contributed by atoms with Gasteiger partial charge >= 0.3 is 0 Å². The molecule has 1 aromatic carbocycles. The molecule has 0 saturated heterocycles. The SMILES string of the molecule is O=C(NCCS)c1csc(COc2ccc(F)cc2)n1. The summed E-state index contributed by atoms with van der Waals surface area (Å²) in [5, 5.41) is 5.05. The van der Waals surface area contributed by atoms with Gasteiger partial charge in [-0.2, -0.15) is 12.6 Å². The van der Waals surface area contributed by atoms with E-state index >= 15 is 0 Å². The van der Waals surface area contributed by atoms with Crippen LogP contribution < -0.4 is 10.1 Å². The van der Waals surface area contributed by atoms with Crippen LogP contribution in [0.1, 0.15) is 15.5 Å². The summed E-state index contributed by atoms with van der Waals surface area (Å²) in [5.74, 6) is 0.608. The number of carbonyl (C=O) groups excluding carboxylic acids is 1.